The minimum absolute atomic E-state index is 0.00493. The monoisotopic (exact) mass is 1030 g/mol. The van der Waals surface area contributed by atoms with Crippen LogP contribution in [0.4, 0.5) is 23.3 Å². The maximum absolute atomic E-state index is 13.0. The van der Waals surface area contributed by atoms with Gasteiger partial charge in [-0.2, -0.15) is 29.9 Å². The summed E-state index contributed by atoms with van der Waals surface area (Å²) in [5.41, 5.74) is 4.77. The van der Waals surface area contributed by atoms with Gasteiger partial charge in [-0.25, -0.2) is 0 Å². The maximum atomic E-state index is 13.0. The molecule has 2 amide bonds. The van der Waals surface area contributed by atoms with Gasteiger partial charge in [0, 0.05) is 43.1 Å². The molecule has 0 saturated heterocycles. The number of nitrogens with one attached hydrogen (secondary N) is 6. The molecule has 0 saturated carbocycles. The Kier molecular flexibility index (Phi) is 20.5. The number of oxazole rings is 1. The molecule has 6 aromatic rings. The Hall–Kier alpha value is -7.30. The van der Waals surface area contributed by atoms with E-state index in [2.05, 4.69) is 130 Å². The first-order valence-corrected chi connectivity index (χ1v) is 24.7. The number of hydrogen-bond acceptors (Lipinski definition) is 20. The van der Waals surface area contributed by atoms with E-state index in [1.54, 1.807) is 5.38 Å². The van der Waals surface area contributed by atoms with Crippen LogP contribution in [0.25, 0.3) is 0 Å². The number of benzene rings is 2. The number of carbonyl (C=O) groups is 2. The molecule has 0 bridgehead atoms. The Morgan fingerprint density at radius 1 is 0.616 bits per heavy atom. The number of ether oxygens (including phenoxy) is 6. The van der Waals surface area contributed by atoms with E-state index in [1.807, 2.05) is 44.2 Å². The van der Waals surface area contributed by atoms with Gasteiger partial charge < -0.3 is 64.7 Å². The molecule has 0 aliphatic carbocycles. The summed E-state index contributed by atoms with van der Waals surface area (Å²) in [7, 11) is 5.81. The molecule has 4 aromatic heterocycles. The molecule has 6 N–H and O–H groups in total. The van der Waals surface area contributed by atoms with Crippen molar-refractivity contribution >= 4 is 46.4 Å². The van der Waals surface area contributed by atoms with Gasteiger partial charge in [-0.15, -0.1) is 0 Å². The second kappa shape index (κ2) is 26.4. The van der Waals surface area contributed by atoms with E-state index in [9.17, 15) is 9.59 Å². The number of aryl methyl sites for hydroxylation is 2. The summed E-state index contributed by atoms with van der Waals surface area (Å²) in [6, 6.07) is 12.4. The topological polar surface area (TPSA) is 252 Å². The predicted molar refractivity (Wildman–Crippen MR) is 283 cm³/mol. The number of amides is 2. The Labute approximate surface area is 431 Å². The molecule has 4 heterocycles. The van der Waals surface area contributed by atoms with Crippen molar-refractivity contribution in [3.05, 3.63) is 81.7 Å². The molecule has 0 unspecified atom stereocenters. The molecule has 22 heteroatoms. The lowest BCUT2D eigenvalue weighted by molar-refractivity contribution is 0.101. The first-order valence-electron chi connectivity index (χ1n) is 23.8. The van der Waals surface area contributed by atoms with Gasteiger partial charge in [0.1, 0.15) is 23.5 Å². The average Bonchev–Trinajstić information content (AvgIpc) is 4.03. The lowest BCUT2D eigenvalue weighted by Gasteiger charge is -2.20. The van der Waals surface area contributed by atoms with Crippen LogP contribution in [0.5, 0.6) is 46.3 Å². The molecule has 73 heavy (non-hydrogen) atoms. The highest BCUT2D eigenvalue weighted by Crippen LogP contribution is 2.36. The van der Waals surface area contributed by atoms with E-state index in [-0.39, 0.29) is 57.9 Å². The van der Waals surface area contributed by atoms with Gasteiger partial charge in [-0.1, -0.05) is 77.1 Å². The van der Waals surface area contributed by atoms with E-state index in [4.69, 9.17) is 32.8 Å². The summed E-state index contributed by atoms with van der Waals surface area (Å²) in [6.07, 6.45) is 1.16. The molecule has 0 aliphatic rings. The summed E-state index contributed by atoms with van der Waals surface area (Å²) in [4.78, 5) is 51.8. The molecule has 0 radical (unpaired) electrons. The van der Waals surface area contributed by atoms with Crippen LogP contribution in [0.2, 0.25) is 0 Å². The van der Waals surface area contributed by atoms with Crippen molar-refractivity contribution < 1.29 is 42.4 Å². The largest absolute Gasteiger partial charge is 0.479 e. The van der Waals surface area contributed by atoms with Crippen LogP contribution in [0.15, 0.2) is 52.5 Å². The first kappa shape index (κ1) is 56.6. The van der Waals surface area contributed by atoms with Crippen LogP contribution < -0.4 is 60.3 Å². The number of hydrogen-bond donors (Lipinski definition) is 6. The highest BCUT2D eigenvalue weighted by Gasteiger charge is 2.24. The van der Waals surface area contributed by atoms with Gasteiger partial charge in [0.15, 0.2) is 17.1 Å². The highest BCUT2D eigenvalue weighted by atomic mass is 32.1. The SMILES string of the molecule is COc1nc(NCCNC(C)(C)C)nc(OC)c1NC(=O)c1coc(Oc2cc(C(C)C)ccc2C)n1.COc1nc(NCCNC(C)C)nc(OC)c1NC(=O)c1csc(Oc2cc(C(C)C)ccc2C)n1. The van der Waals surface area contributed by atoms with Crippen LogP contribution in [0.3, 0.4) is 0 Å². The predicted octanol–water partition coefficient (Wildman–Crippen LogP) is 9.59. The van der Waals surface area contributed by atoms with Gasteiger partial charge in [-0.05, 0) is 80.8 Å². The van der Waals surface area contributed by atoms with Crippen molar-refractivity contribution in [1.82, 2.24) is 40.5 Å². The van der Waals surface area contributed by atoms with Crippen molar-refractivity contribution in [2.24, 2.45) is 0 Å². The van der Waals surface area contributed by atoms with Crippen molar-refractivity contribution in [2.75, 3.05) is 75.9 Å². The molecule has 0 aliphatic heterocycles. The number of nitrogens with zero attached hydrogens (tertiary/aromatic N) is 6. The van der Waals surface area contributed by atoms with E-state index in [0.717, 1.165) is 23.2 Å². The lowest BCUT2D eigenvalue weighted by atomic mass is 10.0. The smallest absolute Gasteiger partial charge is 0.399 e. The summed E-state index contributed by atoms with van der Waals surface area (Å²) in [6.45, 7) is 25.4. The van der Waals surface area contributed by atoms with E-state index >= 15 is 0 Å². The standard InChI is InChI=1S/C26H36N6O5.C25H34N6O4S/c1-15(2)17-10-9-16(3)19(13-17)37-25-29-18(14-36-25)21(33)30-20-22(34-7)31-24(32-23(20)35-8)27-11-12-28-26(4,5)6;1-14(2)17-9-8-16(5)19(12-17)35-25-28-18(13-36-25)21(32)29-20-22(33-6)30-24(31-23(20)34-7)27-11-10-26-15(3)4/h9-10,13-15,28H,11-12H2,1-8H3,(H,30,33)(H,27,31,32);8-9,12-15,26H,10-11H2,1-7H3,(H,29,32)(H,27,30,31). The Morgan fingerprint density at radius 2 is 1.08 bits per heavy atom. The third-order valence-corrected chi connectivity index (χ3v) is 11.3. The van der Waals surface area contributed by atoms with Gasteiger partial charge in [-0.3, -0.25) is 9.59 Å². The molecule has 2 aromatic carbocycles. The minimum atomic E-state index is -0.568. The maximum Gasteiger partial charge on any atom is 0.399 e. The summed E-state index contributed by atoms with van der Waals surface area (Å²) < 4.78 is 38.7. The van der Waals surface area contributed by atoms with Crippen molar-refractivity contribution in [1.29, 1.82) is 0 Å². The molecular formula is C51H70N12O9S. The van der Waals surface area contributed by atoms with Crippen LogP contribution >= 0.6 is 11.3 Å². The molecule has 6 rings (SSSR count). The van der Waals surface area contributed by atoms with Gasteiger partial charge in [0.05, 0.1) is 28.4 Å². The normalized spacial score (nSPS) is 11.2. The van der Waals surface area contributed by atoms with Gasteiger partial charge in [0.25, 0.3) is 17.0 Å². The van der Waals surface area contributed by atoms with E-state index < -0.39 is 11.8 Å². The van der Waals surface area contributed by atoms with Crippen molar-refractivity contribution in [3.63, 3.8) is 0 Å². The van der Waals surface area contributed by atoms with E-state index in [0.29, 0.717) is 66.1 Å². The number of aromatic nitrogens is 6. The molecule has 0 atom stereocenters. The molecule has 394 valence electrons. The molecule has 21 nitrogen and oxygen atoms in total. The quantitative estimate of drug-likeness (QED) is 0.0327. The molecule has 0 fully saturated rings. The Balaban J connectivity index is 0.000000271. The Bertz CT molecular complexity index is 2720. The van der Waals surface area contributed by atoms with Crippen molar-refractivity contribution in [2.45, 2.75) is 99.6 Å². The van der Waals surface area contributed by atoms with Crippen molar-refractivity contribution in [3.8, 4) is 46.3 Å². The highest BCUT2D eigenvalue weighted by molar-refractivity contribution is 7.11. The zero-order valence-electron chi connectivity index (χ0n) is 44.4. The summed E-state index contributed by atoms with van der Waals surface area (Å²) >= 11 is 1.24. The fourth-order valence-corrected chi connectivity index (χ4v) is 7.14. The fraction of sp³-hybridized carbons (Fsp3) is 0.451. The van der Waals surface area contributed by atoms with Gasteiger partial charge >= 0.3 is 6.08 Å². The van der Waals surface area contributed by atoms with Crippen LogP contribution in [-0.4, -0.2) is 108 Å². The third-order valence-electron chi connectivity index (χ3n) is 10.5. The zero-order chi connectivity index (χ0) is 53.4. The third kappa shape index (κ3) is 16.6. The molecule has 0 spiro atoms. The van der Waals surface area contributed by atoms with E-state index in [1.165, 1.54) is 51.6 Å². The fourth-order valence-electron chi connectivity index (χ4n) is 6.48. The summed E-state index contributed by atoms with van der Waals surface area (Å²) in [5, 5.41) is 20.4. The number of rotatable bonds is 23. The zero-order valence-corrected chi connectivity index (χ0v) is 45.3. The van der Waals surface area contributed by atoms with Gasteiger partial charge in [0.2, 0.25) is 35.4 Å². The number of anilines is 4. The second-order valence-electron chi connectivity index (χ2n) is 18.5. The molecular weight excluding hydrogens is 957 g/mol. The number of thiazole rings is 1. The van der Waals surface area contributed by atoms with Crippen LogP contribution in [-0.2, 0) is 0 Å². The number of carbonyl (C=O) groups excluding carboxylic acids is 2. The van der Waals surface area contributed by atoms with Crippen LogP contribution in [0, 0.1) is 13.8 Å². The minimum Gasteiger partial charge on any atom is -0.479 e. The first-order chi connectivity index (χ1) is 34.7. The summed E-state index contributed by atoms with van der Waals surface area (Å²) in [5.74, 6) is 2.23. The van der Waals surface area contributed by atoms with Crippen LogP contribution in [0.1, 0.15) is 117 Å². The average molecular weight is 1030 g/mol. The lowest BCUT2D eigenvalue weighted by Crippen LogP contribution is -2.38. The number of methoxy groups -OCH3 is 4. The second-order valence-corrected chi connectivity index (χ2v) is 19.3. The Morgan fingerprint density at radius 3 is 1.53 bits per heavy atom.